The molecule has 2 aromatic rings. The second kappa shape index (κ2) is 10.5. The molecule has 0 aliphatic heterocycles. The summed E-state index contributed by atoms with van der Waals surface area (Å²) in [5, 5.41) is 15.1. The Hall–Kier alpha value is -2.82. The van der Waals surface area contributed by atoms with Crippen LogP contribution in [0.25, 0.3) is 0 Å². The van der Waals surface area contributed by atoms with E-state index in [2.05, 4.69) is 26.5 Å². The molecule has 1 N–H and O–H groups in total. The van der Waals surface area contributed by atoms with Crippen LogP contribution in [0.1, 0.15) is 38.3 Å². The molecule has 0 spiro atoms. The number of halogens is 4. The van der Waals surface area contributed by atoms with E-state index >= 15 is 0 Å². The Morgan fingerprint density at radius 2 is 2.00 bits per heavy atom. The Kier molecular flexibility index (Phi) is 8.26. The van der Waals surface area contributed by atoms with Gasteiger partial charge in [-0.1, -0.05) is 6.92 Å². The van der Waals surface area contributed by atoms with E-state index in [0.717, 1.165) is 18.6 Å². The van der Waals surface area contributed by atoms with Gasteiger partial charge in [-0.15, -0.1) is 0 Å². The van der Waals surface area contributed by atoms with Crippen molar-refractivity contribution in [3.05, 3.63) is 56.0 Å². The number of nitro benzene ring substituents is 1. The van der Waals surface area contributed by atoms with Crippen molar-refractivity contribution in [2.45, 2.75) is 39.5 Å². The summed E-state index contributed by atoms with van der Waals surface area (Å²) < 4.78 is 50.6. The summed E-state index contributed by atoms with van der Waals surface area (Å²) in [6.07, 6.45) is -2.55. The van der Waals surface area contributed by atoms with Crippen LogP contribution in [0.3, 0.4) is 0 Å². The zero-order valence-electron chi connectivity index (χ0n) is 17.0. The highest BCUT2D eigenvalue weighted by Crippen LogP contribution is 2.38. The smallest absolute Gasteiger partial charge is 0.416 e. The van der Waals surface area contributed by atoms with Crippen LogP contribution in [0, 0.1) is 10.1 Å². The van der Waals surface area contributed by atoms with Crippen LogP contribution < -0.4 is 14.9 Å². The molecule has 0 bridgehead atoms. The number of rotatable bonds is 9. The van der Waals surface area contributed by atoms with Gasteiger partial charge in [0, 0.05) is 6.07 Å². The third-order valence-corrected chi connectivity index (χ3v) is 4.74. The van der Waals surface area contributed by atoms with Gasteiger partial charge in [-0.3, -0.25) is 15.5 Å². The molecule has 0 aromatic heterocycles. The number of nitrogens with zero attached hydrogens (tertiary/aromatic N) is 2. The molecule has 0 saturated heterocycles. The first-order valence-electron chi connectivity index (χ1n) is 9.34. The molecule has 31 heavy (non-hydrogen) atoms. The minimum absolute atomic E-state index is 0.0306. The van der Waals surface area contributed by atoms with Gasteiger partial charge >= 0.3 is 6.18 Å². The minimum atomic E-state index is -4.69. The van der Waals surface area contributed by atoms with Gasteiger partial charge in [0.1, 0.15) is 5.69 Å². The van der Waals surface area contributed by atoms with Crippen molar-refractivity contribution in [1.29, 1.82) is 0 Å². The molecule has 0 heterocycles. The highest BCUT2D eigenvalue weighted by molar-refractivity contribution is 9.10. The number of ether oxygens (including phenoxy) is 2. The van der Waals surface area contributed by atoms with Gasteiger partial charge in [-0.25, -0.2) is 0 Å². The Balaban J connectivity index is 2.29. The van der Waals surface area contributed by atoms with E-state index in [1.54, 1.807) is 12.1 Å². The Labute approximate surface area is 185 Å². The first-order valence-corrected chi connectivity index (χ1v) is 10.1. The lowest BCUT2D eigenvalue weighted by molar-refractivity contribution is -0.384. The molecular weight excluding hydrogens is 483 g/mol. The zero-order chi connectivity index (χ0) is 23.2. The van der Waals surface area contributed by atoms with Gasteiger partial charge < -0.3 is 9.47 Å². The molecule has 1 atom stereocenters. The van der Waals surface area contributed by atoms with Crippen LogP contribution >= 0.6 is 15.9 Å². The van der Waals surface area contributed by atoms with Crippen LogP contribution in [-0.2, 0) is 6.18 Å². The van der Waals surface area contributed by atoms with E-state index in [9.17, 15) is 23.3 Å². The highest BCUT2D eigenvalue weighted by atomic mass is 79.9. The topological polar surface area (TPSA) is 86.0 Å². The fourth-order valence-electron chi connectivity index (χ4n) is 2.45. The van der Waals surface area contributed by atoms with Crippen LogP contribution in [0.2, 0.25) is 0 Å². The number of hydrogen-bond acceptors (Lipinski definition) is 6. The average Bonchev–Trinajstić information content (AvgIpc) is 2.69. The predicted molar refractivity (Wildman–Crippen MR) is 115 cm³/mol. The van der Waals surface area contributed by atoms with Crippen molar-refractivity contribution in [3.8, 4) is 11.5 Å². The molecule has 0 saturated carbocycles. The molecule has 11 heteroatoms. The van der Waals surface area contributed by atoms with Crippen molar-refractivity contribution in [3.63, 3.8) is 0 Å². The number of nitrogens with one attached hydrogen (secondary N) is 1. The maximum atomic E-state index is 12.8. The van der Waals surface area contributed by atoms with Gasteiger partial charge in [0.15, 0.2) is 11.5 Å². The Morgan fingerprint density at radius 1 is 1.29 bits per heavy atom. The van der Waals surface area contributed by atoms with Crippen molar-refractivity contribution in [2.24, 2.45) is 5.10 Å². The second-order valence-corrected chi connectivity index (χ2v) is 7.31. The summed E-state index contributed by atoms with van der Waals surface area (Å²) in [7, 11) is 0. The predicted octanol–water partition coefficient (Wildman–Crippen LogP) is 6.40. The van der Waals surface area contributed by atoms with E-state index < -0.39 is 22.4 Å². The first kappa shape index (κ1) is 24.4. The largest absolute Gasteiger partial charge is 0.490 e. The lowest BCUT2D eigenvalue weighted by Gasteiger charge is -2.18. The van der Waals surface area contributed by atoms with Crippen LogP contribution in [-0.4, -0.2) is 23.8 Å². The Morgan fingerprint density at radius 3 is 2.58 bits per heavy atom. The van der Waals surface area contributed by atoms with E-state index in [1.165, 1.54) is 6.21 Å². The fourth-order valence-corrected chi connectivity index (χ4v) is 3.01. The average molecular weight is 504 g/mol. The zero-order valence-corrected chi connectivity index (χ0v) is 18.6. The third-order valence-electron chi connectivity index (χ3n) is 4.15. The molecule has 7 nitrogen and oxygen atoms in total. The quantitative estimate of drug-likeness (QED) is 0.243. The number of hydrogen-bond donors (Lipinski definition) is 1. The van der Waals surface area contributed by atoms with Crippen LogP contribution in [0.15, 0.2) is 39.9 Å². The summed E-state index contributed by atoms with van der Waals surface area (Å²) in [5.41, 5.74) is 0.978. The van der Waals surface area contributed by atoms with Crippen molar-refractivity contribution < 1.29 is 27.6 Å². The Bertz CT molecular complexity index is 967. The van der Waals surface area contributed by atoms with E-state index in [-0.39, 0.29) is 11.8 Å². The highest BCUT2D eigenvalue weighted by Gasteiger charge is 2.33. The monoisotopic (exact) mass is 503 g/mol. The molecular formula is C20H21BrF3N3O4. The molecule has 0 amide bonds. The number of hydrazone groups is 1. The van der Waals surface area contributed by atoms with Crippen molar-refractivity contribution in [1.82, 2.24) is 0 Å². The summed E-state index contributed by atoms with van der Waals surface area (Å²) in [5.74, 6) is 1.03. The molecule has 0 aliphatic carbocycles. The van der Waals surface area contributed by atoms with Crippen LogP contribution in [0.4, 0.5) is 24.5 Å². The molecule has 0 unspecified atom stereocenters. The molecule has 2 aromatic carbocycles. The molecule has 2 rings (SSSR count). The van der Waals surface area contributed by atoms with E-state index in [1.807, 2.05) is 20.8 Å². The summed E-state index contributed by atoms with van der Waals surface area (Å²) >= 11 is 3.44. The molecule has 0 radical (unpaired) electrons. The first-order chi connectivity index (χ1) is 14.6. The summed E-state index contributed by atoms with van der Waals surface area (Å²) in [6, 6.07) is 5.56. The van der Waals surface area contributed by atoms with Gasteiger partial charge in [-0.05, 0) is 66.0 Å². The van der Waals surface area contributed by atoms with Crippen molar-refractivity contribution in [2.75, 3.05) is 12.0 Å². The summed E-state index contributed by atoms with van der Waals surface area (Å²) in [6.45, 7) is 6.15. The minimum Gasteiger partial charge on any atom is -0.490 e. The number of anilines is 1. The van der Waals surface area contributed by atoms with Gasteiger partial charge in [-0.2, -0.15) is 18.3 Å². The maximum absolute atomic E-state index is 12.8. The normalized spacial score (nSPS) is 12.6. The fraction of sp³-hybridized carbons (Fsp3) is 0.350. The third kappa shape index (κ3) is 6.58. The van der Waals surface area contributed by atoms with E-state index in [0.29, 0.717) is 34.2 Å². The molecule has 0 fully saturated rings. The lowest BCUT2D eigenvalue weighted by atomic mass is 10.1. The lowest BCUT2D eigenvalue weighted by Crippen LogP contribution is -2.11. The SMILES string of the molecule is CCOc1cc(/C=N\Nc2ccc(C(F)(F)F)cc2[N+](=O)[O-])cc(Br)c1O[C@@H](C)CC. The number of nitro groups is 1. The maximum Gasteiger partial charge on any atom is 0.416 e. The summed E-state index contributed by atoms with van der Waals surface area (Å²) in [4.78, 5) is 10.3. The number of benzene rings is 2. The molecule has 168 valence electrons. The van der Waals surface area contributed by atoms with Crippen molar-refractivity contribution >= 4 is 33.5 Å². The van der Waals surface area contributed by atoms with Gasteiger partial charge in [0.05, 0.1) is 33.9 Å². The molecule has 0 aliphatic rings. The van der Waals surface area contributed by atoms with Crippen LogP contribution in [0.5, 0.6) is 11.5 Å². The standard InChI is InChI=1S/C20H21BrF3N3O4/c1-4-12(3)31-19-15(21)8-13(9-18(19)30-5-2)11-25-26-16-7-6-14(20(22,23)24)10-17(16)27(28)29/h6-12,26H,4-5H2,1-3H3/b25-11-/t12-/m0/s1. The van der Waals surface area contributed by atoms with Gasteiger partial charge in [0.25, 0.3) is 5.69 Å². The van der Waals surface area contributed by atoms with Gasteiger partial charge in [0.2, 0.25) is 0 Å². The number of alkyl halides is 3. The van der Waals surface area contributed by atoms with E-state index in [4.69, 9.17) is 9.47 Å². The second-order valence-electron chi connectivity index (χ2n) is 6.46.